The number of benzene rings is 1. The number of fused-ring (bicyclic) bond motifs is 1. The predicted octanol–water partition coefficient (Wildman–Crippen LogP) is 1.53. The Hall–Kier alpha value is -2.18. The first kappa shape index (κ1) is 16.7. The molecule has 3 rings (SSSR count). The lowest BCUT2D eigenvalue weighted by atomic mass is 10.1. The van der Waals surface area contributed by atoms with Crippen LogP contribution in [0.5, 0.6) is 0 Å². The van der Waals surface area contributed by atoms with Gasteiger partial charge in [-0.05, 0) is 36.4 Å². The van der Waals surface area contributed by atoms with Gasteiger partial charge >= 0.3 is 0 Å². The van der Waals surface area contributed by atoms with Crippen LogP contribution in [0.1, 0.15) is 12.8 Å². The number of amides is 1. The first-order valence-electron chi connectivity index (χ1n) is 8.36. The summed E-state index contributed by atoms with van der Waals surface area (Å²) in [7, 11) is 1.67. The lowest BCUT2D eigenvalue weighted by molar-refractivity contribution is -0.122. The van der Waals surface area contributed by atoms with Crippen molar-refractivity contribution < 1.29 is 9.53 Å². The molecule has 6 nitrogen and oxygen atoms in total. The predicted molar refractivity (Wildman–Crippen MR) is 95.1 cm³/mol. The fourth-order valence-electron chi connectivity index (χ4n) is 3.01. The molecule has 1 aliphatic rings. The van der Waals surface area contributed by atoms with Crippen LogP contribution in [0.2, 0.25) is 0 Å². The van der Waals surface area contributed by atoms with Crippen molar-refractivity contribution in [3.05, 3.63) is 36.7 Å². The number of rotatable bonds is 7. The highest BCUT2D eigenvalue weighted by atomic mass is 16.5. The number of ether oxygens (including phenoxy) is 1. The number of pyridine rings is 1. The third-order valence-corrected chi connectivity index (χ3v) is 4.28. The summed E-state index contributed by atoms with van der Waals surface area (Å²) in [6.45, 7) is 2.10. The number of carbonyl (C=O) groups is 1. The van der Waals surface area contributed by atoms with Gasteiger partial charge in [-0.3, -0.25) is 9.78 Å². The summed E-state index contributed by atoms with van der Waals surface area (Å²) in [5, 5.41) is 12.0. The smallest absolute Gasteiger partial charge is 0.237 e. The van der Waals surface area contributed by atoms with Gasteiger partial charge in [0.25, 0.3) is 0 Å². The summed E-state index contributed by atoms with van der Waals surface area (Å²) in [5.41, 5.74) is 1.07. The van der Waals surface area contributed by atoms with E-state index in [2.05, 4.69) is 39.1 Å². The summed E-state index contributed by atoms with van der Waals surface area (Å²) in [6, 6.07) is 8.36. The standard InChI is InChI=1S/C18H24N4O2/c1-24-8-2-6-20-18(23)17-10-16(12-21-17)22-15-4-3-14-11-19-7-5-13(14)9-15/h3-5,7,9,11,16-17,21-22H,2,6,8,10,12H2,1H3,(H,20,23)/t16-,17-/m0/s1. The number of carbonyl (C=O) groups excluding carboxylic acids is 1. The van der Waals surface area contributed by atoms with E-state index in [0.29, 0.717) is 13.2 Å². The van der Waals surface area contributed by atoms with Gasteiger partial charge in [0.2, 0.25) is 5.91 Å². The van der Waals surface area contributed by atoms with E-state index in [0.717, 1.165) is 35.8 Å². The zero-order chi connectivity index (χ0) is 16.8. The van der Waals surface area contributed by atoms with E-state index in [-0.39, 0.29) is 18.0 Å². The fraction of sp³-hybridized carbons (Fsp3) is 0.444. The lowest BCUT2D eigenvalue weighted by Gasteiger charge is -2.14. The van der Waals surface area contributed by atoms with E-state index in [1.165, 1.54) is 0 Å². The molecule has 1 amide bonds. The van der Waals surface area contributed by atoms with Gasteiger partial charge in [-0.2, -0.15) is 0 Å². The van der Waals surface area contributed by atoms with Gasteiger partial charge in [-0.1, -0.05) is 6.07 Å². The summed E-state index contributed by atoms with van der Waals surface area (Å²) in [6.07, 6.45) is 5.28. The third-order valence-electron chi connectivity index (χ3n) is 4.28. The molecule has 1 aliphatic heterocycles. The highest BCUT2D eigenvalue weighted by Gasteiger charge is 2.29. The number of methoxy groups -OCH3 is 1. The topological polar surface area (TPSA) is 75.3 Å². The number of hydrogen-bond acceptors (Lipinski definition) is 5. The molecule has 2 atom stereocenters. The molecular formula is C18H24N4O2. The molecule has 2 heterocycles. The molecular weight excluding hydrogens is 304 g/mol. The largest absolute Gasteiger partial charge is 0.385 e. The first-order chi connectivity index (χ1) is 11.8. The Morgan fingerprint density at radius 1 is 1.38 bits per heavy atom. The van der Waals surface area contributed by atoms with Gasteiger partial charge in [0, 0.05) is 56.3 Å². The van der Waals surface area contributed by atoms with Crippen molar-refractivity contribution in [2.45, 2.75) is 24.9 Å². The van der Waals surface area contributed by atoms with E-state index in [4.69, 9.17) is 4.74 Å². The lowest BCUT2D eigenvalue weighted by Crippen LogP contribution is -2.40. The average molecular weight is 328 g/mol. The maximum Gasteiger partial charge on any atom is 0.237 e. The minimum absolute atomic E-state index is 0.0694. The molecule has 128 valence electrons. The number of hydrogen-bond donors (Lipinski definition) is 3. The molecule has 2 aromatic rings. The maximum atomic E-state index is 12.1. The molecule has 24 heavy (non-hydrogen) atoms. The number of nitrogens with one attached hydrogen (secondary N) is 3. The van der Waals surface area contributed by atoms with Crippen molar-refractivity contribution >= 4 is 22.4 Å². The van der Waals surface area contributed by atoms with Gasteiger partial charge in [-0.15, -0.1) is 0 Å². The van der Waals surface area contributed by atoms with Crippen LogP contribution in [0.4, 0.5) is 5.69 Å². The SMILES string of the molecule is COCCCNC(=O)[C@@H]1C[C@H](Nc2ccc3cnccc3c2)CN1. The van der Waals surface area contributed by atoms with Crippen LogP contribution >= 0.6 is 0 Å². The van der Waals surface area contributed by atoms with Gasteiger partial charge < -0.3 is 20.7 Å². The molecule has 1 fully saturated rings. The molecule has 1 saturated heterocycles. The van der Waals surface area contributed by atoms with Crippen LogP contribution in [0.3, 0.4) is 0 Å². The van der Waals surface area contributed by atoms with Crippen molar-refractivity contribution in [1.82, 2.24) is 15.6 Å². The highest BCUT2D eigenvalue weighted by Crippen LogP contribution is 2.20. The minimum atomic E-state index is -0.130. The number of nitrogens with zero attached hydrogens (tertiary/aromatic N) is 1. The Morgan fingerprint density at radius 2 is 2.29 bits per heavy atom. The maximum absolute atomic E-state index is 12.1. The minimum Gasteiger partial charge on any atom is -0.385 e. The molecule has 0 radical (unpaired) electrons. The Morgan fingerprint density at radius 3 is 3.17 bits per heavy atom. The highest BCUT2D eigenvalue weighted by molar-refractivity contribution is 5.85. The van der Waals surface area contributed by atoms with E-state index >= 15 is 0 Å². The fourth-order valence-corrected chi connectivity index (χ4v) is 3.01. The van der Waals surface area contributed by atoms with Crippen molar-refractivity contribution in [3.63, 3.8) is 0 Å². The van der Waals surface area contributed by atoms with E-state index in [1.807, 2.05) is 12.3 Å². The molecule has 0 spiro atoms. The van der Waals surface area contributed by atoms with E-state index < -0.39 is 0 Å². The Kier molecular flexibility index (Phi) is 5.61. The van der Waals surface area contributed by atoms with Crippen LogP contribution in [0.25, 0.3) is 10.8 Å². The van der Waals surface area contributed by atoms with Crippen molar-refractivity contribution in [2.75, 3.05) is 32.1 Å². The van der Waals surface area contributed by atoms with Gasteiger partial charge in [0.15, 0.2) is 0 Å². The number of aromatic nitrogens is 1. The van der Waals surface area contributed by atoms with Crippen molar-refractivity contribution in [2.24, 2.45) is 0 Å². The molecule has 6 heteroatoms. The second-order valence-electron chi connectivity index (χ2n) is 6.11. The second-order valence-corrected chi connectivity index (χ2v) is 6.11. The number of anilines is 1. The van der Waals surface area contributed by atoms with Gasteiger partial charge in [-0.25, -0.2) is 0 Å². The van der Waals surface area contributed by atoms with Crippen LogP contribution in [0, 0.1) is 0 Å². The Bertz CT molecular complexity index is 692. The third kappa shape index (κ3) is 4.21. The van der Waals surface area contributed by atoms with Crippen molar-refractivity contribution in [1.29, 1.82) is 0 Å². The molecule has 1 aromatic carbocycles. The molecule has 0 saturated carbocycles. The quantitative estimate of drug-likeness (QED) is 0.672. The molecule has 0 bridgehead atoms. The molecule has 0 unspecified atom stereocenters. The van der Waals surface area contributed by atoms with Crippen LogP contribution < -0.4 is 16.0 Å². The normalized spacial score (nSPS) is 20.2. The summed E-state index contributed by atoms with van der Waals surface area (Å²) in [5.74, 6) is 0.0694. The zero-order valence-corrected chi connectivity index (χ0v) is 13.9. The van der Waals surface area contributed by atoms with Gasteiger partial charge in [0.05, 0.1) is 6.04 Å². The summed E-state index contributed by atoms with van der Waals surface area (Å²) in [4.78, 5) is 16.3. The van der Waals surface area contributed by atoms with E-state index in [9.17, 15) is 4.79 Å². The van der Waals surface area contributed by atoms with Crippen LogP contribution in [-0.4, -0.2) is 49.8 Å². The summed E-state index contributed by atoms with van der Waals surface area (Å²) < 4.78 is 4.98. The van der Waals surface area contributed by atoms with Crippen LogP contribution in [0.15, 0.2) is 36.7 Å². The van der Waals surface area contributed by atoms with Crippen molar-refractivity contribution in [3.8, 4) is 0 Å². The average Bonchev–Trinajstić information content (AvgIpc) is 3.07. The second kappa shape index (κ2) is 8.08. The Labute approximate surface area is 142 Å². The first-order valence-corrected chi connectivity index (χ1v) is 8.36. The van der Waals surface area contributed by atoms with Crippen LogP contribution in [-0.2, 0) is 9.53 Å². The Balaban J connectivity index is 1.50. The summed E-state index contributed by atoms with van der Waals surface area (Å²) >= 11 is 0. The van der Waals surface area contributed by atoms with E-state index in [1.54, 1.807) is 13.3 Å². The molecule has 0 aliphatic carbocycles. The van der Waals surface area contributed by atoms with Gasteiger partial charge in [0.1, 0.15) is 0 Å². The monoisotopic (exact) mass is 328 g/mol. The zero-order valence-electron chi connectivity index (χ0n) is 13.9. The molecule has 3 N–H and O–H groups in total. The molecule has 1 aromatic heterocycles.